The Kier molecular flexibility index (Phi) is 7.22. The third-order valence-electron chi connectivity index (χ3n) is 7.48. The first-order valence-electron chi connectivity index (χ1n) is 13.7. The molecule has 0 radical (unpaired) electrons. The monoisotopic (exact) mass is 524 g/mol. The van der Waals surface area contributed by atoms with Crippen LogP contribution >= 0.6 is 7.92 Å². The number of para-hydroxylation sites is 1. The molecule has 0 fully saturated rings. The summed E-state index contributed by atoms with van der Waals surface area (Å²) in [5.41, 5.74) is 7.97. The van der Waals surface area contributed by atoms with Gasteiger partial charge in [0.2, 0.25) is 0 Å². The molecule has 0 saturated heterocycles. The zero-order valence-corrected chi connectivity index (χ0v) is 23.7. The Bertz CT molecular complexity index is 1640. The molecule has 3 heteroatoms. The van der Waals surface area contributed by atoms with E-state index in [1.807, 2.05) is 0 Å². The van der Waals surface area contributed by atoms with E-state index < -0.39 is 7.92 Å². The van der Waals surface area contributed by atoms with Crippen molar-refractivity contribution < 1.29 is 0 Å². The molecule has 0 N–H and O–H groups in total. The zero-order valence-electron chi connectivity index (χ0n) is 22.8. The quantitative estimate of drug-likeness (QED) is 0.191. The molecule has 1 aliphatic rings. The lowest BCUT2D eigenvalue weighted by Crippen LogP contribution is -2.17. The van der Waals surface area contributed by atoms with E-state index in [4.69, 9.17) is 9.98 Å². The third kappa shape index (κ3) is 4.98. The Labute approximate surface area is 232 Å². The van der Waals surface area contributed by atoms with E-state index >= 15 is 0 Å². The summed E-state index contributed by atoms with van der Waals surface area (Å²) < 4.78 is 0. The fraction of sp³-hybridized carbons (Fsp3) is 0.167. The van der Waals surface area contributed by atoms with Crippen LogP contribution in [0.3, 0.4) is 0 Å². The van der Waals surface area contributed by atoms with Gasteiger partial charge in [-0.3, -0.25) is 4.99 Å². The van der Waals surface area contributed by atoms with Crippen LogP contribution in [0.4, 0.5) is 5.69 Å². The van der Waals surface area contributed by atoms with Crippen LogP contribution in [-0.2, 0) is 0 Å². The Hall–Kier alpha value is -3.87. The second-order valence-electron chi connectivity index (χ2n) is 10.4. The van der Waals surface area contributed by atoms with Crippen LogP contribution in [0.25, 0.3) is 10.8 Å². The summed E-state index contributed by atoms with van der Waals surface area (Å²) >= 11 is 0. The molecule has 0 spiro atoms. The molecule has 0 heterocycles. The van der Waals surface area contributed by atoms with Crippen molar-refractivity contribution in [1.29, 1.82) is 0 Å². The highest BCUT2D eigenvalue weighted by Gasteiger charge is 2.27. The van der Waals surface area contributed by atoms with Crippen LogP contribution < -0.4 is 10.6 Å². The average molecular weight is 525 g/mol. The highest BCUT2D eigenvalue weighted by atomic mass is 31.1. The number of hydrogen-bond acceptors (Lipinski definition) is 2. The highest BCUT2D eigenvalue weighted by Crippen LogP contribution is 2.37. The molecule has 5 aromatic carbocycles. The lowest BCUT2D eigenvalue weighted by atomic mass is 9.98. The number of benzene rings is 5. The van der Waals surface area contributed by atoms with Crippen molar-refractivity contribution >= 4 is 46.4 Å². The number of hydrogen-bond donors (Lipinski definition) is 0. The van der Waals surface area contributed by atoms with Crippen molar-refractivity contribution in [3.05, 3.63) is 138 Å². The molecule has 0 unspecified atom stereocenters. The predicted molar refractivity (Wildman–Crippen MR) is 171 cm³/mol. The van der Waals surface area contributed by atoms with Gasteiger partial charge in [-0.15, -0.1) is 0 Å². The summed E-state index contributed by atoms with van der Waals surface area (Å²) in [5, 5.41) is 5.30. The first-order chi connectivity index (χ1) is 19.1. The van der Waals surface area contributed by atoms with Gasteiger partial charge in [-0.1, -0.05) is 129 Å². The molecule has 2 nitrogen and oxygen atoms in total. The van der Waals surface area contributed by atoms with Crippen LogP contribution in [0, 0.1) is 6.92 Å². The lowest BCUT2D eigenvalue weighted by Gasteiger charge is -2.18. The van der Waals surface area contributed by atoms with Gasteiger partial charge in [0.05, 0.1) is 17.1 Å². The standard InChI is InChI=1S/C36H33N2P/c1-25(2)30-20-10-13-26(3)34(30)38-36-32-22-12-15-27-14-11-21-31(33(27)32)35(36)37-23-24-39(28-16-6-4-7-17-28)29-18-8-5-9-19-29/h4-22,25H,23-24H2,1-3H3/b37-35+,38-36+. The van der Waals surface area contributed by atoms with E-state index in [9.17, 15) is 0 Å². The first kappa shape index (κ1) is 25.4. The maximum absolute atomic E-state index is 5.41. The summed E-state index contributed by atoms with van der Waals surface area (Å²) in [5.74, 6) is 0.393. The van der Waals surface area contributed by atoms with E-state index in [0.29, 0.717) is 5.92 Å². The van der Waals surface area contributed by atoms with E-state index in [-0.39, 0.29) is 0 Å². The van der Waals surface area contributed by atoms with Gasteiger partial charge in [-0.25, -0.2) is 4.99 Å². The molecule has 5 aromatic rings. The second kappa shape index (κ2) is 11.1. The third-order valence-corrected chi connectivity index (χ3v) is 9.97. The molecule has 0 atom stereocenters. The van der Waals surface area contributed by atoms with Gasteiger partial charge in [-0.05, 0) is 54.0 Å². The second-order valence-corrected chi connectivity index (χ2v) is 12.7. The summed E-state index contributed by atoms with van der Waals surface area (Å²) in [6.45, 7) is 7.40. The van der Waals surface area contributed by atoms with Gasteiger partial charge >= 0.3 is 0 Å². The molecule has 0 aliphatic heterocycles. The fourth-order valence-corrected chi connectivity index (χ4v) is 7.74. The molecular formula is C36H33N2P. The van der Waals surface area contributed by atoms with E-state index in [0.717, 1.165) is 29.8 Å². The number of aliphatic imine (C=N–C) groups is 2. The summed E-state index contributed by atoms with van der Waals surface area (Å²) in [4.78, 5) is 10.7. The Balaban J connectivity index is 1.44. The predicted octanol–water partition coefficient (Wildman–Crippen LogP) is 8.33. The number of aryl methyl sites for hydroxylation is 1. The minimum atomic E-state index is -0.502. The zero-order chi connectivity index (χ0) is 26.8. The van der Waals surface area contributed by atoms with Crippen LogP contribution in [-0.4, -0.2) is 24.1 Å². The van der Waals surface area contributed by atoms with Crippen molar-refractivity contribution in [2.45, 2.75) is 26.7 Å². The maximum Gasteiger partial charge on any atom is 0.0974 e. The van der Waals surface area contributed by atoms with Crippen LogP contribution in [0.15, 0.2) is 125 Å². The maximum atomic E-state index is 5.41. The molecule has 0 amide bonds. The molecular weight excluding hydrogens is 491 g/mol. The van der Waals surface area contributed by atoms with E-state index in [1.54, 1.807) is 0 Å². The molecule has 39 heavy (non-hydrogen) atoms. The van der Waals surface area contributed by atoms with Crippen molar-refractivity contribution in [1.82, 2.24) is 0 Å². The van der Waals surface area contributed by atoms with Gasteiger partial charge in [-0.2, -0.15) is 0 Å². The Morgan fingerprint density at radius 2 is 1.23 bits per heavy atom. The molecule has 0 aromatic heterocycles. The topological polar surface area (TPSA) is 24.7 Å². The summed E-state index contributed by atoms with van der Waals surface area (Å²) in [7, 11) is -0.502. The Morgan fingerprint density at radius 1 is 0.641 bits per heavy atom. The largest absolute Gasteiger partial charge is 0.282 e. The lowest BCUT2D eigenvalue weighted by molar-refractivity contribution is 0.865. The van der Waals surface area contributed by atoms with E-state index in [1.165, 1.54) is 43.6 Å². The van der Waals surface area contributed by atoms with Gasteiger partial charge < -0.3 is 0 Å². The van der Waals surface area contributed by atoms with Gasteiger partial charge in [0, 0.05) is 23.1 Å². The van der Waals surface area contributed by atoms with Gasteiger partial charge in [0.15, 0.2) is 0 Å². The minimum absolute atomic E-state index is 0.393. The first-order valence-corrected chi connectivity index (χ1v) is 15.3. The molecule has 1 aliphatic carbocycles. The van der Waals surface area contributed by atoms with Crippen molar-refractivity contribution in [3.8, 4) is 0 Å². The van der Waals surface area contributed by atoms with Crippen LogP contribution in [0.5, 0.6) is 0 Å². The van der Waals surface area contributed by atoms with Crippen molar-refractivity contribution in [2.24, 2.45) is 9.98 Å². The smallest absolute Gasteiger partial charge is 0.0974 e. The highest BCUT2D eigenvalue weighted by molar-refractivity contribution is 7.73. The van der Waals surface area contributed by atoms with Gasteiger partial charge in [0.1, 0.15) is 0 Å². The summed E-state index contributed by atoms with van der Waals surface area (Å²) in [6, 6.07) is 41.4. The van der Waals surface area contributed by atoms with Crippen LogP contribution in [0.2, 0.25) is 0 Å². The van der Waals surface area contributed by atoms with Gasteiger partial charge in [0.25, 0.3) is 0 Å². The number of rotatable bonds is 7. The fourth-order valence-electron chi connectivity index (χ4n) is 5.56. The Morgan fingerprint density at radius 3 is 1.85 bits per heavy atom. The molecule has 0 saturated carbocycles. The van der Waals surface area contributed by atoms with Crippen molar-refractivity contribution in [2.75, 3.05) is 12.7 Å². The van der Waals surface area contributed by atoms with E-state index in [2.05, 4.69) is 136 Å². The molecule has 192 valence electrons. The molecule has 6 rings (SSSR count). The molecule has 0 bridgehead atoms. The van der Waals surface area contributed by atoms with Crippen molar-refractivity contribution in [3.63, 3.8) is 0 Å². The summed E-state index contributed by atoms with van der Waals surface area (Å²) in [6.07, 6.45) is 0.994. The normalized spacial score (nSPS) is 14.8. The average Bonchev–Trinajstić information content (AvgIpc) is 3.27. The number of nitrogens with zero attached hydrogens (tertiary/aromatic N) is 2. The van der Waals surface area contributed by atoms with Crippen LogP contribution in [0.1, 0.15) is 42.0 Å². The SMILES string of the molecule is Cc1cccc(C(C)C)c1/N=C1/C(=N/CCP(c2ccccc2)c2ccccc2)c2cccc3cccc1c23. The minimum Gasteiger partial charge on any atom is -0.282 e.